The van der Waals surface area contributed by atoms with Gasteiger partial charge in [0, 0.05) is 19.3 Å². The molecule has 0 amide bonds. The second-order valence-electron chi connectivity index (χ2n) is 3.73. The van der Waals surface area contributed by atoms with Crippen LogP contribution in [0.25, 0.3) is 6.08 Å². The van der Waals surface area contributed by atoms with E-state index in [1.165, 1.54) is 12.8 Å². The predicted molar refractivity (Wildman–Crippen MR) is 61.8 cm³/mol. The molecule has 0 atom stereocenters. The molecule has 1 N–H and O–H groups in total. The van der Waals surface area contributed by atoms with Gasteiger partial charge in [0.2, 0.25) is 0 Å². The van der Waals surface area contributed by atoms with Crippen LogP contribution in [0.15, 0.2) is 24.4 Å². The van der Waals surface area contributed by atoms with Crippen LogP contribution in [-0.4, -0.2) is 29.8 Å². The summed E-state index contributed by atoms with van der Waals surface area (Å²) >= 11 is 0. The molecule has 3 nitrogen and oxygen atoms in total. The molecule has 1 aliphatic rings. The highest BCUT2D eigenvalue weighted by Gasteiger charge is 2.12. The molecule has 0 aromatic carbocycles. The van der Waals surface area contributed by atoms with Crippen LogP contribution in [0, 0.1) is 0 Å². The standard InChI is InChI=1S/C12H16N2O/c15-9-3-4-11-5-6-12(13-10-11)14-7-1-2-8-14/h3-6,10,15H,1-2,7-9H2/b4-3+. The summed E-state index contributed by atoms with van der Waals surface area (Å²) in [6.45, 7) is 2.32. The first-order valence-electron chi connectivity index (χ1n) is 5.38. The van der Waals surface area contributed by atoms with Crippen molar-refractivity contribution in [3.63, 3.8) is 0 Å². The lowest BCUT2D eigenvalue weighted by Crippen LogP contribution is -2.18. The smallest absolute Gasteiger partial charge is 0.128 e. The minimum absolute atomic E-state index is 0.0773. The van der Waals surface area contributed by atoms with Crippen LogP contribution in [0.5, 0.6) is 0 Å². The average molecular weight is 204 g/mol. The van der Waals surface area contributed by atoms with Crippen LogP contribution < -0.4 is 4.90 Å². The highest BCUT2D eigenvalue weighted by Crippen LogP contribution is 2.17. The molecule has 2 rings (SSSR count). The molecule has 15 heavy (non-hydrogen) atoms. The van der Waals surface area contributed by atoms with Gasteiger partial charge in [-0.1, -0.05) is 12.2 Å². The van der Waals surface area contributed by atoms with Gasteiger partial charge >= 0.3 is 0 Å². The van der Waals surface area contributed by atoms with Crippen LogP contribution in [-0.2, 0) is 0 Å². The fraction of sp³-hybridized carbons (Fsp3) is 0.417. The van der Waals surface area contributed by atoms with Gasteiger partial charge < -0.3 is 10.0 Å². The molecule has 1 aromatic heterocycles. The van der Waals surface area contributed by atoms with Crippen molar-refractivity contribution in [1.29, 1.82) is 0 Å². The van der Waals surface area contributed by atoms with Crippen molar-refractivity contribution < 1.29 is 5.11 Å². The zero-order chi connectivity index (χ0) is 10.5. The Balaban J connectivity index is 2.06. The number of aliphatic hydroxyl groups is 1. The third kappa shape index (κ3) is 2.57. The number of hydrogen-bond acceptors (Lipinski definition) is 3. The Morgan fingerprint density at radius 1 is 1.33 bits per heavy atom. The summed E-state index contributed by atoms with van der Waals surface area (Å²) in [4.78, 5) is 6.71. The third-order valence-corrected chi connectivity index (χ3v) is 2.62. The first-order valence-corrected chi connectivity index (χ1v) is 5.38. The number of hydrogen-bond donors (Lipinski definition) is 1. The number of pyridine rings is 1. The van der Waals surface area contributed by atoms with E-state index in [2.05, 4.69) is 9.88 Å². The van der Waals surface area contributed by atoms with Gasteiger partial charge in [-0.15, -0.1) is 0 Å². The van der Waals surface area contributed by atoms with Crippen LogP contribution in [0.4, 0.5) is 5.82 Å². The van der Waals surface area contributed by atoms with E-state index >= 15 is 0 Å². The number of nitrogens with zero attached hydrogens (tertiary/aromatic N) is 2. The molecule has 0 saturated carbocycles. The minimum Gasteiger partial charge on any atom is -0.392 e. The van der Waals surface area contributed by atoms with E-state index < -0.39 is 0 Å². The second kappa shape index (κ2) is 4.94. The lowest BCUT2D eigenvalue weighted by atomic mass is 10.2. The summed E-state index contributed by atoms with van der Waals surface area (Å²) in [6.07, 6.45) is 7.98. The third-order valence-electron chi connectivity index (χ3n) is 2.62. The number of aliphatic hydroxyl groups excluding tert-OH is 1. The van der Waals surface area contributed by atoms with E-state index in [-0.39, 0.29) is 6.61 Å². The Hall–Kier alpha value is -1.35. The Morgan fingerprint density at radius 2 is 2.13 bits per heavy atom. The van der Waals surface area contributed by atoms with Crippen molar-refractivity contribution in [2.45, 2.75) is 12.8 Å². The molecule has 2 heterocycles. The maximum Gasteiger partial charge on any atom is 0.128 e. The topological polar surface area (TPSA) is 36.4 Å². The molecule has 0 unspecified atom stereocenters. The summed E-state index contributed by atoms with van der Waals surface area (Å²) in [5.41, 5.74) is 1.03. The quantitative estimate of drug-likeness (QED) is 0.814. The minimum atomic E-state index is 0.0773. The van der Waals surface area contributed by atoms with E-state index in [4.69, 9.17) is 5.11 Å². The maximum atomic E-state index is 8.64. The van der Waals surface area contributed by atoms with Crippen molar-refractivity contribution >= 4 is 11.9 Å². The van der Waals surface area contributed by atoms with E-state index in [1.54, 1.807) is 6.08 Å². The lowest BCUT2D eigenvalue weighted by Gasteiger charge is -2.15. The molecule has 3 heteroatoms. The summed E-state index contributed by atoms with van der Waals surface area (Å²) in [7, 11) is 0. The van der Waals surface area contributed by atoms with Gasteiger partial charge in [-0.3, -0.25) is 0 Å². The Kier molecular flexibility index (Phi) is 3.35. The highest BCUT2D eigenvalue weighted by atomic mass is 16.2. The summed E-state index contributed by atoms with van der Waals surface area (Å²) in [6, 6.07) is 4.08. The molecule has 80 valence electrons. The molecule has 0 spiro atoms. The molecule has 0 aliphatic carbocycles. The van der Waals surface area contributed by atoms with Gasteiger partial charge in [-0.2, -0.15) is 0 Å². The van der Waals surface area contributed by atoms with Crippen molar-refractivity contribution in [3.8, 4) is 0 Å². The van der Waals surface area contributed by atoms with Crippen LogP contribution in [0.1, 0.15) is 18.4 Å². The van der Waals surface area contributed by atoms with Gasteiger partial charge in [0.25, 0.3) is 0 Å². The molecule has 1 aromatic rings. The van der Waals surface area contributed by atoms with Gasteiger partial charge in [0.05, 0.1) is 6.61 Å². The Morgan fingerprint density at radius 3 is 2.73 bits per heavy atom. The van der Waals surface area contributed by atoms with E-state index in [0.29, 0.717) is 0 Å². The van der Waals surface area contributed by atoms with Crippen molar-refractivity contribution in [3.05, 3.63) is 30.0 Å². The highest BCUT2D eigenvalue weighted by molar-refractivity contribution is 5.51. The first-order chi connectivity index (χ1) is 7.40. The molecular weight excluding hydrogens is 188 g/mol. The number of rotatable bonds is 3. The molecule has 0 radical (unpaired) electrons. The molecule has 1 aliphatic heterocycles. The average Bonchev–Trinajstić information content (AvgIpc) is 2.80. The van der Waals surface area contributed by atoms with Crippen LogP contribution in [0.2, 0.25) is 0 Å². The van der Waals surface area contributed by atoms with E-state index in [1.807, 2.05) is 24.4 Å². The Labute approximate surface area is 90.1 Å². The van der Waals surface area contributed by atoms with Crippen LogP contribution >= 0.6 is 0 Å². The molecule has 1 saturated heterocycles. The zero-order valence-electron chi connectivity index (χ0n) is 8.76. The van der Waals surface area contributed by atoms with Gasteiger partial charge in [0.15, 0.2) is 0 Å². The fourth-order valence-corrected chi connectivity index (χ4v) is 1.82. The van der Waals surface area contributed by atoms with E-state index in [9.17, 15) is 0 Å². The summed E-state index contributed by atoms with van der Waals surface area (Å²) < 4.78 is 0. The zero-order valence-corrected chi connectivity index (χ0v) is 8.76. The predicted octanol–water partition coefficient (Wildman–Crippen LogP) is 1.69. The monoisotopic (exact) mass is 204 g/mol. The summed E-state index contributed by atoms with van der Waals surface area (Å²) in [5.74, 6) is 1.06. The molecule has 0 bridgehead atoms. The van der Waals surface area contributed by atoms with Crippen LogP contribution in [0.3, 0.4) is 0 Å². The van der Waals surface area contributed by atoms with Crippen molar-refractivity contribution in [2.75, 3.05) is 24.6 Å². The number of anilines is 1. The Bertz CT molecular complexity index is 326. The van der Waals surface area contributed by atoms with Gasteiger partial charge in [-0.05, 0) is 30.5 Å². The SMILES string of the molecule is OC/C=C/c1ccc(N2CCCC2)nc1. The summed E-state index contributed by atoms with van der Waals surface area (Å²) in [5, 5.41) is 8.64. The normalized spacial score (nSPS) is 16.5. The van der Waals surface area contributed by atoms with Gasteiger partial charge in [-0.25, -0.2) is 4.98 Å². The van der Waals surface area contributed by atoms with E-state index in [0.717, 1.165) is 24.5 Å². The molecule has 1 fully saturated rings. The van der Waals surface area contributed by atoms with Crippen molar-refractivity contribution in [1.82, 2.24) is 4.98 Å². The second-order valence-corrected chi connectivity index (χ2v) is 3.73. The fourth-order valence-electron chi connectivity index (χ4n) is 1.82. The first kappa shape index (κ1) is 10.2. The largest absolute Gasteiger partial charge is 0.392 e. The maximum absolute atomic E-state index is 8.64. The number of aromatic nitrogens is 1. The van der Waals surface area contributed by atoms with Crippen molar-refractivity contribution in [2.24, 2.45) is 0 Å². The lowest BCUT2D eigenvalue weighted by molar-refractivity contribution is 0.343. The van der Waals surface area contributed by atoms with Gasteiger partial charge in [0.1, 0.15) is 5.82 Å². The molecular formula is C12H16N2O.